The fourth-order valence-corrected chi connectivity index (χ4v) is 2.87. The fourth-order valence-electron chi connectivity index (χ4n) is 2.04. The Morgan fingerprint density at radius 1 is 1.19 bits per heavy atom. The largest absolute Gasteiger partial charge is 0.324 e. The summed E-state index contributed by atoms with van der Waals surface area (Å²) < 4.78 is 0. The number of thioether (sulfide) groups is 1. The van der Waals surface area contributed by atoms with Crippen molar-refractivity contribution in [2.75, 3.05) is 11.1 Å². The molecule has 1 aromatic heterocycles. The summed E-state index contributed by atoms with van der Waals surface area (Å²) in [5.41, 5.74) is 2.94. The lowest BCUT2D eigenvalue weighted by molar-refractivity contribution is -0.113. The number of aromatic nitrogens is 2. The van der Waals surface area contributed by atoms with E-state index in [9.17, 15) is 4.79 Å². The number of carbonyl (C=O) groups is 1. The van der Waals surface area contributed by atoms with Crippen molar-refractivity contribution in [1.82, 2.24) is 9.97 Å². The smallest absolute Gasteiger partial charge is 0.237 e. The molecule has 1 amide bonds. The van der Waals surface area contributed by atoms with Gasteiger partial charge in [0.15, 0.2) is 0 Å². The first kappa shape index (κ1) is 13.7. The maximum absolute atomic E-state index is 12.0. The van der Waals surface area contributed by atoms with Crippen LogP contribution in [0.1, 0.15) is 5.56 Å². The Balaban J connectivity index is 1.62. The molecule has 3 rings (SSSR count). The first-order valence-electron chi connectivity index (χ1n) is 6.65. The third-order valence-corrected chi connectivity index (χ3v) is 4.28. The normalized spacial score (nSPS) is 10.7. The number of nitrogens with zero attached hydrogens (tertiary/aromatic N) is 1. The highest BCUT2D eigenvalue weighted by Gasteiger charge is 2.08. The summed E-state index contributed by atoms with van der Waals surface area (Å²) in [6, 6.07) is 15.7. The number of aryl methyl sites for hydroxylation is 1. The number of anilines is 1. The third kappa shape index (κ3) is 3.25. The summed E-state index contributed by atoms with van der Waals surface area (Å²) in [6.45, 7) is 2.04. The molecule has 0 fully saturated rings. The van der Waals surface area contributed by atoms with Gasteiger partial charge in [-0.05, 0) is 30.7 Å². The van der Waals surface area contributed by atoms with Crippen LogP contribution in [0.15, 0.2) is 53.4 Å². The van der Waals surface area contributed by atoms with Crippen LogP contribution in [0.3, 0.4) is 0 Å². The summed E-state index contributed by atoms with van der Waals surface area (Å²) in [4.78, 5) is 20.5. The Kier molecular flexibility index (Phi) is 3.92. The van der Waals surface area contributed by atoms with Crippen molar-refractivity contribution < 1.29 is 4.79 Å². The second-order valence-electron chi connectivity index (χ2n) is 4.70. The summed E-state index contributed by atoms with van der Waals surface area (Å²) in [5.74, 6) is 0.788. The van der Waals surface area contributed by atoms with Crippen LogP contribution in [-0.2, 0) is 4.79 Å². The lowest BCUT2D eigenvalue weighted by atomic mass is 10.2. The van der Waals surface area contributed by atoms with Gasteiger partial charge in [-0.3, -0.25) is 10.1 Å². The minimum atomic E-state index is -0.0673. The van der Waals surface area contributed by atoms with E-state index in [1.807, 2.05) is 55.5 Å². The first-order valence-corrected chi connectivity index (χ1v) is 7.64. The van der Waals surface area contributed by atoms with Crippen molar-refractivity contribution >= 4 is 34.7 Å². The number of carbonyl (C=O) groups excluding carboxylic acids is 1. The molecule has 0 aliphatic heterocycles. The summed E-state index contributed by atoms with van der Waals surface area (Å²) >= 11 is 1.53. The number of nitrogens with one attached hydrogen (secondary N) is 2. The van der Waals surface area contributed by atoms with Crippen molar-refractivity contribution in [3.63, 3.8) is 0 Å². The van der Waals surface area contributed by atoms with Gasteiger partial charge in [0, 0.05) is 4.90 Å². The molecule has 0 aliphatic rings. The van der Waals surface area contributed by atoms with Crippen LogP contribution in [0.5, 0.6) is 0 Å². The molecule has 0 spiro atoms. The number of fused-ring (bicyclic) bond motifs is 1. The molecule has 2 aromatic carbocycles. The van der Waals surface area contributed by atoms with Crippen LogP contribution in [0.25, 0.3) is 11.0 Å². The van der Waals surface area contributed by atoms with Gasteiger partial charge in [-0.25, -0.2) is 4.98 Å². The molecule has 2 N–H and O–H groups in total. The van der Waals surface area contributed by atoms with Crippen molar-refractivity contribution in [1.29, 1.82) is 0 Å². The molecule has 0 saturated carbocycles. The second-order valence-corrected chi connectivity index (χ2v) is 5.72. The second kappa shape index (κ2) is 6.01. The van der Waals surface area contributed by atoms with Gasteiger partial charge in [0.25, 0.3) is 0 Å². The predicted octanol–water partition coefficient (Wildman–Crippen LogP) is 3.60. The Morgan fingerprint density at radius 2 is 1.95 bits per heavy atom. The molecule has 0 atom stereocenters. The molecule has 1 heterocycles. The number of hydrogen-bond acceptors (Lipinski definition) is 3. The van der Waals surface area contributed by atoms with Gasteiger partial charge in [0.1, 0.15) is 0 Å². The molecule has 21 heavy (non-hydrogen) atoms. The number of rotatable bonds is 4. The summed E-state index contributed by atoms with van der Waals surface area (Å²) in [6.07, 6.45) is 0. The Morgan fingerprint density at radius 3 is 2.76 bits per heavy atom. The molecular weight excluding hydrogens is 282 g/mol. The molecule has 0 bridgehead atoms. The number of H-pyrrole nitrogens is 1. The summed E-state index contributed by atoms with van der Waals surface area (Å²) in [7, 11) is 0. The van der Waals surface area contributed by atoms with Gasteiger partial charge in [0.2, 0.25) is 11.9 Å². The zero-order valence-corrected chi connectivity index (χ0v) is 12.4. The van der Waals surface area contributed by atoms with Crippen LogP contribution in [0.2, 0.25) is 0 Å². The van der Waals surface area contributed by atoms with Crippen LogP contribution in [0, 0.1) is 6.92 Å². The van der Waals surface area contributed by atoms with E-state index in [1.54, 1.807) is 0 Å². The fraction of sp³-hybridized carbons (Fsp3) is 0.125. The minimum Gasteiger partial charge on any atom is -0.324 e. The Bertz CT molecular complexity index is 749. The van der Waals surface area contributed by atoms with E-state index >= 15 is 0 Å². The topological polar surface area (TPSA) is 57.8 Å². The molecule has 106 valence electrons. The number of aromatic amines is 1. The SMILES string of the molecule is Cc1ccccc1SCC(=O)Nc1nc2ccccc2[nH]1. The number of imidazole rings is 1. The number of para-hydroxylation sites is 2. The zero-order valence-electron chi connectivity index (χ0n) is 11.6. The molecule has 0 saturated heterocycles. The highest BCUT2D eigenvalue weighted by molar-refractivity contribution is 8.00. The van der Waals surface area contributed by atoms with Crippen molar-refractivity contribution in [2.45, 2.75) is 11.8 Å². The quantitative estimate of drug-likeness (QED) is 0.723. The predicted molar refractivity (Wildman–Crippen MR) is 86.6 cm³/mol. The first-order chi connectivity index (χ1) is 10.2. The number of benzene rings is 2. The summed E-state index contributed by atoms with van der Waals surface area (Å²) in [5, 5.41) is 2.79. The van der Waals surface area contributed by atoms with E-state index in [1.165, 1.54) is 17.3 Å². The molecule has 0 radical (unpaired) electrons. The van der Waals surface area contributed by atoms with Gasteiger partial charge in [0.05, 0.1) is 16.8 Å². The van der Waals surface area contributed by atoms with E-state index in [2.05, 4.69) is 15.3 Å². The van der Waals surface area contributed by atoms with Gasteiger partial charge in [-0.15, -0.1) is 11.8 Å². The van der Waals surface area contributed by atoms with Gasteiger partial charge < -0.3 is 4.98 Å². The Labute approximate surface area is 127 Å². The third-order valence-electron chi connectivity index (χ3n) is 3.10. The minimum absolute atomic E-state index is 0.0673. The van der Waals surface area contributed by atoms with E-state index < -0.39 is 0 Å². The molecule has 4 nitrogen and oxygen atoms in total. The van der Waals surface area contributed by atoms with Crippen LogP contribution >= 0.6 is 11.8 Å². The zero-order chi connectivity index (χ0) is 14.7. The van der Waals surface area contributed by atoms with Crippen molar-refractivity contribution in [2.24, 2.45) is 0 Å². The Hall–Kier alpha value is -2.27. The van der Waals surface area contributed by atoms with Crippen LogP contribution in [-0.4, -0.2) is 21.6 Å². The molecule has 0 aliphatic carbocycles. The van der Waals surface area contributed by atoms with E-state index in [4.69, 9.17) is 0 Å². The van der Waals surface area contributed by atoms with E-state index in [0.717, 1.165) is 15.9 Å². The maximum atomic E-state index is 12.0. The highest BCUT2D eigenvalue weighted by Crippen LogP contribution is 2.22. The number of amides is 1. The van der Waals surface area contributed by atoms with E-state index in [0.29, 0.717) is 11.7 Å². The molecule has 0 unspecified atom stereocenters. The number of hydrogen-bond donors (Lipinski definition) is 2. The molecule has 3 aromatic rings. The lowest BCUT2D eigenvalue weighted by Gasteiger charge is -2.04. The highest BCUT2D eigenvalue weighted by atomic mass is 32.2. The van der Waals surface area contributed by atoms with Gasteiger partial charge in [-0.1, -0.05) is 30.3 Å². The monoisotopic (exact) mass is 297 g/mol. The lowest BCUT2D eigenvalue weighted by Crippen LogP contribution is -2.15. The van der Waals surface area contributed by atoms with Gasteiger partial charge in [-0.2, -0.15) is 0 Å². The van der Waals surface area contributed by atoms with E-state index in [-0.39, 0.29) is 5.91 Å². The van der Waals surface area contributed by atoms with Crippen LogP contribution in [0.4, 0.5) is 5.95 Å². The average molecular weight is 297 g/mol. The van der Waals surface area contributed by atoms with Crippen molar-refractivity contribution in [3.05, 3.63) is 54.1 Å². The molecular formula is C16H15N3OS. The molecule has 5 heteroatoms. The maximum Gasteiger partial charge on any atom is 0.237 e. The average Bonchev–Trinajstić information content (AvgIpc) is 2.88. The van der Waals surface area contributed by atoms with Crippen molar-refractivity contribution in [3.8, 4) is 0 Å². The van der Waals surface area contributed by atoms with Crippen LogP contribution < -0.4 is 5.32 Å². The standard InChI is InChI=1S/C16H15N3OS/c1-11-6-2-5-9-14(11)21-10-15(20)19-16-17-12-7-3-4-8-13(12)18-16/h2-9H,10H2,1H3,(H2,17,18,19,20). The van der Waals surface area contributed by atoms with Gasteiger partial charge >= 0.3 is 0 Å².